The standard InChI is InChI=1S/C26H33N3O3/c1-28(2)17-14-27-24(30)19-22-18-21-10-6-7-11-23(21)26(32-22)12-15-29(16-13-26)25(31)20-8-4-3-5-9-20/h3-11,22H,12-19H2,1-2H3,(H,27,30). The van der Waals surface area contributed by atoms with Crippen molar-refractivity contribution >= 4 is 11.8 Å². The highest BCUT2D eigenvalue weighted by molar-refractivity contribution is 5.94. The van der Waals surface area contributed by atoms with Gasteiger partial charge in [0, 0.05) is 31.7 Å². The molecule has 1 spiro atoms. The number of hydrogen-bond acceptors (Lipinski definition) is 4. The summed E-state index contributed by atoms with van der Waals surface area (Å²) in [6, 6.07) is 17.9. The molecule has 6 nitrogen and oxygen atoms in total. The van der Waals surface area contributed by atoms with Crippen LogP contribution in [0, 0.1) is 0 Å². The van der Waals surface area contributed by atoms with Gasteiger partial charge in [0.15, 0.2) is 0 Å². The minimum atomic E-state index is -0.434. The normalized spacial score (nSPS) is 19.6. The molecule has 1 fully saturated rings. The van der Waals surface area contributed by atoms with E-state index in [1.54, 1.807) is 0 Å². The quantitative estimate of drug-likeness (QED) is 0.758. The van der Waals surface area contributed by atoms with E-state index in [4.69, 9.17) is 4.74 Å². The van der Waals surface area contributed by atoms with Crippen LogP contribution < -0.4 is 5.32 Å². The molecule has 2 amide bonds. The molecule has 0 radical (unpaired) electrons. The third-order valence-corrected chi connectivity index (χ3v) is 6.52. The second kappa shape index (κ2) is 9.84. The monoisotopic (exact) mass is 435 g/mol. The summed E-state index contributed by atoms with van der Waals surface area (Å²) in [5.74, 6) is 0.101. The van der Waals surface area contributed by atoms with Crippen molar-refractivity contribution < 1.29 is 14.3 Å². The van der Waals surface area contributed by atoms with Crippen molar-refractivity contribution in [1.82, 2.24) is 15.1 Å². The minimum Gasteiger partial charge on any atom is -0.366 e. The summed E-state index contributed by atoms with van der Waals surface area (Å²) in [5.41, 5.74) is 2.76. The van der Waals surface area contributed by atoms with Gasteiger partial charge in [-0.1, -0.05) is 42.5 Å². The number of amides is 2. The Morgan fingerprint density at radius 3 is 2.47 bits per heavy atom. The van der Waals surface area contributed by atoms with Crippen LogP contribution in [0.25, 0.3) is 0 Å². The molecule has 6 heteroatoms. The number of rotatable bonds is 6. The Labute approximate surface area is 190 Å². The lowest BCUT2D eigenvalue weighted by Crippen LogP contribution is -2.50. The highest BCUT2D eigenvalue weighted by atomic mass is 16.5. The molecule has 2 aliphatic heterocycles. The Morgan fingerprint density at radius 2 is 1.75 bits per heavy atom. The zero-order valence-electron chi connectivity index (χ0n) is 19.0. The van der Waals surface area contributed by atoms with Gasteiger partial charge in [-0.2, -0.15) is 0 Å². The highest BCUT2D eigenvalue weighted by Gasteiger charge is 2.44. The van der Waals surface area contributed by atoms with E-state index in [2.05, 4.69) is 29.6 Å². The number of piperidine rings is 1. The highest BCUT2D eigenvalue weighted by Crippen LogP contribution is 2.44. The van der Waals surface area contributed by atoms with Crippen LogP contribution in [-0.4, -0.2) is 68.0 Å². The largest absolute Gasteiger partial charge is 0.366 e. The second-order valence-corrected chi connectivity index (χ2v) is 9.11. The van der Waals surface area contributed by atoms with Crippen LogP contribution in [-0.2, 0) is 21.6 Å². The number of ether oxygens (including phenoxy) is 1. The molecule has 2 aliphatic rings. The van der Waals surface area contributed by atoms with Crippen molar-refractivity contribution in [1.29, 1.82) is 0 Å². The lowest BCUT2D eigenvalue weighted by atomic mass is 9.77. The maximum atomic E-state index is 12.9. The van der Waals surface area contributed by atoms with Crippen LogP contribution in [0.2, 0.25) is 0 Å². The van der Waals surface area contributed by atoms with Gasteiger partial charge in [-0.3, -0.25) is 9.59 Å². The number of hydrogen-bond donors (Lipinski definition) is 1. The number of likely N-dealkylation sites (tertiary alicyclic amines) is 1. The van der Waals surface area contributed by atoms with E-state index in [1.807, 2.05) is 54.2 Å². The summed E-state index contributed by atoms with van der Waals surface area (Å²) in [6.07, 6.45) is 2.42. The number of nitrogens with one attached hydrogen (secondary N) is 1. The molecule has 2 aromatic carbocycles. The molecule has 1 N–H and O–H groups in total. The number of nitrogens with zero attached hydrogens (tertiary/aromatic N) is 2. The van der Waals surface area contributed by atoms with Gasteiger partial charge in [0.05, 0.1) is 18.1 Å². The van der Waals surface area contributed by atoms with E-state index in [1.165, 1.54) is 11.1 Å². The van der Waals surface area contributed by atoms with E-state index in [0.717, 1.165) is 31.4 Å². The topological polar surface area (TPSA) is 61.9 Å². The zero-order chi connectivity index (χ0) is 22.6. The van der Waals surface area contributed by atoms with Crippen molar-refractivity contribution in [2.75, 3.05) is 40.3 Å². The SMILES string of the molecule is CN(C)CCNC(=O)CC1Cc2ccccc2C2(CCN(C(=O)c3ccccc3)CC2)O1. The Bertz CT molecular complexity index is 936. The molecule has 1 saturated heterocycles. The molecule has 0 aliphatic carbocycles. The molecule has 170 valence electrons. The van der Waals surface area contributed by atoms with Crippen molar-refractivity contribution in [3.8, 4) is 0 Å². The summed E-state index contributed by atoms with van der Waals surface area (Å²) in [7, 11) is 3.98. The van der Waals surface area contributed by atoms with Gasteiger partial charge in [-0.05, 0) is 56.6 Å². The first-order chi connectivity index (χ1) is 15.5. The molecular weight excluding hydrogens is 402 g/mol. The van der Waals surface area contributed by atoms with E-state index in [9.17, 15) is 9.59 Å². The Morgan fingerprint density at radius 1 is 1.06 bits per heavy atom. The molecule has 2 aromatic rings. The van der Waals surface area contributed by atoms with Gasteiger partial charge >= 0.3 is 0 Å². The number of fused-ring (bicyclic) bond motifs is 2. The zero-order valence-corrected chi connectivity index (χ0v) is 19.0. The summed E-state index contributed by atoms with van der Waals surface area (Å²) in [6.45, 7) is 2.74. The van der Waals surface area contributed by atoms with Crippen molar-refractivity contribution in [2.45, 2.75) is 37.4 Å². The average Bonchev–Trinajstić information content (AvgIpc) is 2.79. The lowest BCUT2D eigenvalue weighted by Gasteiger charge is -2.47. The number of likely N-dealkylation sites (N-methyl/N-ethyl adjacent to an activating group) is 1. The van der Waals surface area contributed by atoms with E-state index >= 15 is 0 Å². The third-order valence-electron chi connectivity index (χ3n) is 6.52. The Balaban J connectivity index is 1.44. The first-order valence-electron chi connectivity index (χ1n) is 11.5. The first kappa shape index (κ1) is 22.5. The van der Waals surface area contributed by atoms with Crippen LogP contribution in [0.15, 0.2) is 54.6 Å². The fourth-order valence-corrected chi connectivity index (χ4v) is 4.85. The second-order valence-electron chi connectivity index (χ2n) is 9.11. The summed E-state index contributed by atoms with van der Waals surface area (Å²) in [4.78, 5) is 29.4. The van der Waals surface area contributed by atoms with E-state index in [0.29, 0.717) is 26.1 Å². The van der Waals surface area contributed by atoms with Crippen molar-refractivity contribution in [3.63, 3.8) is 0 Å². The van der Waals surface area contributed by atoms with Gasteiger partial charge in [0.1, 0.15) is 0 Å². The van der Waals surface area contributed by atoms with Crippen LogP contribution in [0.1, 0.15) is 40.7 Å². The van der Waals surface area contributed by atoms with E-state index in [-0.39, 0.29) is 17.9 Å². The lowest BCUT2D eigenvalue weighted by molar-refractivity contribution is -0.147. The summed E-state index contributed by atoms with van der Waals surface area (Å²) >= 11 is 0. The number of carbonyl (C=O) groups is 2. The van der Waals surface area contributed by atoms with Gasteiger partial charge in [-0.25, -0.2) is 0 Å². The first-order valence-corrected chi connectivity index (χ1v) is 11.5. The number of benzene rings is 2. The molecule has 1 atom stereocenters. The van der Waals surface area contributed by atoms with Crippen molar-refractivity contribution in [3.05, 3.63) is 71.3 Å². The van der Waals surface area contributed by atoms with Crippen molar-refractivity contribution in [2.24, 2.45) is 0 Å². The molecule has 0 bridgehead atoms. The predicted octanol–water partition coefficient (Wildman–Crippen LogP) is 2.83. The fourth-order valence-electron chi connectivity index (χ4n) is 4.85. The summed E-state index contributed by atoms with van der Waals surface area (Å²) in [5, 5.41) is 3.00. The van der Waals surface area contributed by atoms with Crippen LogP contribution >= 0.6 is 0 Å². The molecule has 1 unspecified atom stereocenters. The predicted molar refractivity (Wildman–Crippen MR) is 124 cm³/mol. The summed E-state index contributed by atoms with van der Waals surface area (Å²) < 4.78 is 6.66. The van der Waals surface area contributed by atoms with Gasteiger partial charge in [0.2, 0.25) is 5.91 Å². The molecule has 32 heavy (non-hydrogen) atoms. The van der Waals surface area contributed by atoms with Crippen LogP contribution in [0.3, 0.4) is 0 Å². The smallest absolute Gasteiger partial charge is 0.253 e. The molecule has 2 heterocycles. The Hall–Kier alpha value is -2.70. The third kappa shape index (κ3) is 5.03. The van der Waals surface area contributed by atoms with Gasteiger partial charge in [0.25, 0.3) is 5.91 Å². The molecule has 4 rings (SSSR count). The molecular formula is C26H33N3O3. The minimum absolute atomic E-state index is 0.0306. The van der Waals surface area contributed by atoms with Crippen LogP contribution in [0.5, 0.6) is 0 Å². The van der Waals surface area contributed by atoms with Gasteiger partial charge < -0.3 is 19.9 Å². The maximum absolute atomic E-state index is 12.9. The molecule has 0 saturated carbocycles. The fraction of sp³-hybridized carbons (Fsp3) is 0.462. The van der Waals surface area contributed by atoms with Crippen LogP contribution in [0.4, 0.5) is 0 Å². The number of carbonyl (C=O) groups excluding carboxylic acids is 2. The Kier molecular flexibility index (Phi) is 6.92. The van der Waals surface area contributed by atoms with Gasteiger partial charge in [-0.15, -0.1) is 0 Å². The average molecular weight is 436 g/mol. The van der Waals surface area contributed by atoms with E-state index < -0.39 is 5.60 Å². The molecule has 0 aromatic heterocycles. The maximum Gasteiger partial charge on any atom is 0.253 e.